The van der Waals surface area contributed by atoms with Crippen LogP contribution in [-0.4, -0.2) is 84.4 Å². The molecule has 190 valence electrons. The lowest BCUT2D eigenvalue weighted by molar-refractivity contribution is -0.897. The zero-order valence-electron chi connectivity index (χ0n) is 20.2. The first-order chi connectivity index (χ1) is 17.3. The SMILES string of the molecule is N#Cc1ccc(OCC(O)CN2CC3CC(C2)C[N+]([O-])(CC(O)COc2ccc(C#N)cc2)C3)cc1. The highest BCUT2D eigenvalue weighted by Gasteiger charge is 2.41. The van der Waals surface area contributed by atoms with Crippen LogP contribution in [0.25, 0.3) is 0 Å². The molecule has 0 aromatic heterocycles. The van der Waals surface area contributed by atoms with Crippen LogP contribution in [0.3, 0.4) is 0 Å². The summed E-state index contributed by atoms with van der Waals surface area (Å²) < 4.78 is 10.8. The number of nitrogens with zero attached hydrogens (tertiary/aromatic N) is 4. The summed E-state index contributed by atoms with van der Waals surface area (Å²) in [5.41, 5.74) is 1.09. The van der Waals surface area contributed by atoms with E-state index in [-0.39, 0.29) is 31.6 Å². The van der Waals surface area contributed by atoms with Gasteiger partial charge in [-0.15, -0.1) is 0 Å². The molecule has 2 N–H and O–H groups in total. The highest BCUT2D eigenvalue weighted by atomic mass is 16.6. The van der Waals surface area contributed by atoms with E-state index in [0.717, 1.165) is 19.5 Å². The third kappa shape index (κ3) is 7.17. The number of β-amino-alcohol motifs (C(OH)–C–C–N with tert-alkyl or cyclic N) is 1. The maximum absolute atomic E-state index is 13.5. The molecule has 0 spiro atoms. The van der Waals surface area contributed by atoms with Gasteiger partial charge in [-0.1, -0.05) is 0 Å². The second-order valence-corrected chi connectivity index (χ2v) is 9.99. The number of nitriles is 2. The monoisotopic (exact) mass is 492 g/mol. The van der Waals surface area contributed by atoms with Crippen LogP contribution in [0.2, 0.25) is 0 Å². The number of hydrogen-bond donors (Lipinski definition) is 2. The molecule has 2 bridgehead atoms. The molecule has 2 aromatic carbocycles. The van der Waals surface area contributed by atoms with Crippen molar-refractivity contribution in [2.24, 2.45) is 11.8 Å². The fourth-order valence-corrected chi connectivity index (χ4v) is 5.43. The number of aliphatic hydroxyl groups is 2. The third-order valence-corrected chi connectivity index (χ3v) is 6.75. The smallest absolute Gasteiger partial charge is 0.137 e. The number of quaternary nitrogens is 1. The van der Waals surface area contributed by atoms with Gasteiger partial charge in [-0.2, -0.15) is 10.5 Å². The Morgan fingerprint density at radius 3 is 1.81 bits per heavy atom. The van der Waals surface area contributed by atoms with Gasteiger partial charge in [-0.25, -0.2) is 0 Å². The van der Waals surface area contributed by atoms with Crippen LogP contribution in [0.5, 0.6) is 11.5 Å². The molecule has 9 heteroatoms. The molecule has 9 nitrogen and oxygen atoms in total. The van der Waals surface area contributed by atoms with E-state index in [2.05, 4.69) is 11.0 Å². The number of piperidine rings is 2. The summed E-state index contributed by atoms with van der Waals surface area (Å²) in [6.45, 7) is 3.12. The number of hydrogen-bond acceptors (Lipinski definition) is 8. The maximum Gasteiger partial charge on any atom is 0.137 e. The molecule has 4 rings (SSSR count). The number of fused-ring (bicyclic) bond motifs is 2. The molecule has 36 heavy (non-hydrogen) atoms. The van der Waals surface area contributed by atoms with Gasteiger partial charge < -0.3 is 29.5 Å². The van der Waals surface area contributed by atoms with Gasteiger partial charge in [0.05, 0.1) is 36.4 Å². The summed E-state index contributed by atoms with van der Waals surface area (Å²) in [5, 5.41) is 52.2. The molecule has 2 heterocycles. The quantitative estimate of drug-likeness (QED) is 0.379. The second-order valence-electron chi connectivity index (χ2n) is 9.99. The highest BCUT2D eigenvalue weighted by Crippen LogP contribution is 2.33. The highest BCUT2D eigenvalue weighted by molar-refractivity contribution is 5.35. The number of hydroxylamine groups is 3. The normalized spacial score (nSPS) is 25.2. The minimum atomic E-state index is -0.880. The van der Waals surface area contributed by atoms with Crippen molar-refractivity contribution in [1.29, 1.82) is 10.5 Å². The van der Waals surface area contributed by atoms with Crippen molar-refractivity contribution in [1.82, 2.24) is 4.90 Å². The molecule has 0 radical (unpaired) electrons. The zero-order chi connectivity index (χ0) is 25.5. The standard InChI is InChI=1S/C27H32N4O5/c28-10-20-1-5-26(6-2-20)35-18-24(32)14-30-12-22-9-23(13-30)16-31(34,15-22)17-25(33)19-36-27-7-3-21(11-29)4-8-27/h1-8,22-25,32-33H,9,12-19H2. The van der Waals surface area contributed by atoms with Crippen LogP contribution >= 0.6 is 0 Å². The molecule has 4 atom stereocenters. The molecule has 2 aromatic rings. The van der Waals surface area contributed by atoms with E-state index in [1.165, 1.54) is 0 Å². The minimum absolute atomic E-state index is 0.0288. The molecule has 2 aliphatic heterocycles. The lowest BCUT2D eigenvalue weighted by Crippen LogP contribution is -2.62. The average Bonchev–Trinajstić information content (AvgIpc) is 2.86. The molecule has 0 aliphatic carbocycles. The Balaban J connectivity index is 1.20. The van der Waals surface area contributed by atoms with E-state index in [1.807, 2.05) is 6.07 Å². The summed E-state index contributed by atoms with van der Waals surface area (Å²) in [4.78, 5) is 2.21. The van der Waals surface area contributed by atoms with Crippen molar-refractivity contribution in [2.45, 2.75) is 18.6 Å². The Morgan fingerprint density at radius 1 is 0.861 bits per heavy atom. The molecule has 0 saturated carbocycles. The largest absolute Gasteiger partial charge is 0.633 e. The van der Waals surface area contributed by atoms with Gasteiger partial charge in [-0.3, -0.25) is 4.90 Å². The first kappa shape index (κ1) is 25.9. The summed E-state index contributed by atoms with van der Waals surface area (Å²) >= 11 is 0. The van der Waals surface area contributed by atoms with Crippen molar-refractivity contribution in [2.75, 3.05) is 52.5 Å². The van der Waals surface area contributed by atoms with Gasteiger partial charge in [-0.05, 0) is 55.0 Å². The summed E-state index contributed by atoms with van der Waals surface area (Å²) in [5.74, 6) is 1.60. The molecule has 2 aliphatic rings. The van der Waals surface area contributed by atoms with Crippen LogP contribution < -0.4 is 9.47 Å². The lowest BCUT2D eigenvalue weighted by atomic mass is 9.84. The molecule has 2 fully saturated rings. The predicted octanol–water partition coefficient (Wildman–Crippen LogP) is 1.88. The number of likely N-dealkylation sites (tertiary alicyclic amines) is 2. The Hall–Kier alpha value is -3.18. The second kappa shape index (κ2) is 11.7. The fourth-order valence-electron chi connectivity index (χ4n) is 5.43. The van der Waals surface area contributed by atoms with E-state index >= 15 is 0 Å². The first-order valence-corrected chi connectivity index (χ1v) is 12.3. The van der Waals surface area contributed by atoms with Gasteiger partial charge in [0.15, 0.2) is 0 Å². The minimum Gasteiger partial charge on any atom is -0.633 e. The van der Waals surface area contributed by atoms with Crippen LogP contribution in [0.1, 0.15) is 17.5 Å². The molecular formula is C27H32N4O5. The molecule has 0 amide bonds. The molecule has 4 unspecified atom stereocenters. The van der Waals surface area contributed by atoms with Gasteiger partial charge in [0.2, 0.25) is 0 Å². The summed E-state index contributed by atoms with van der Waals surface area (Å²) in [7, 11) is 0. The van der Waals surface area contributed by atoms with E-state index in [9.17, 15) is 15.4 Å². The van der Waals surface area contributed by atoms with Crippen LogP contribution in [0, 0.1) is 39.7 Å². The van der Waals surface area contributed by atoms with Crippen LogP contribution in [-0.2, 0) is 0 Å². The van der Waals surface area contributed by atoms with Crippen molar-refractivity contribution >= 4 is 0 Å². The van der Waals surface area contributed by atoms with Crippen molar-refractivity contribution in [3.05, 3.63) is 64.9 Å². The van der Waals surface area contributed by atoms with Crippen LogP contribution in [0.15, 0.2) is 48.5 Å². The number of benzene rings is 2. The van der Waals surface area contributed by atoms with Gasteiger partial charge in [0, 0.05) is 31.5 Å². The number of rotatable bonds is 10. The molecule has 2 saturated heterocycles. The zero-order valence-corrected chi connectivity index (χ0v) is 20.2. The average molecular weight is 493 g/mol. The first-order valence-electron chi connectivity index (χ1n) is 12.3. The van der Waals surface area contributed by atoms with E-state index in [4.69, 9.17) is 20.0 Å². The van der Waals surface area contributed by atoms with Gasteiger partial charge in [0.25, 0.3) is 0 Å². The Labute approximate surface area is 211 Å². The Morgan fingerprint density at radius 2 is 1.33 bits per heavy atom. The number of aliphatic hydroxyl groups excluding tert-OH is 2. The predicted molar refractivity (Wildman–Crippen MR) is 132 cm³/mol. The van der Waals surface area contributed by atoms with E-state index in [0.29, 0.717) is 42.3 Å². The Kier molecular flexibility index (Phi) is 8.42. The summed E-state index contributed by atoms with van der Waals surface area (Å²) in [6.07, 6.45) is -0.546. The lowest BCUT2D eigenvalue weighted by Gasteiger charge is -2.55. The Bertz CT molecular complexity index is 1070. The van der Waals surface area contributed by atoms with Crippen LogP contribution in [0.4, 0.5) is 0 Å². The maximum atomic E-state index is 13.5. The topological polar surface area (TPSA) is 133 Å². The third-order valence-electron chi connectivity index (χ3n) is 6.75. The summed E-state index contributed by atoms with van der Waals surface area (Å²) in [6, 6.07) is 17.5. The molecular weight excluding hydrogens is 460 g/mol. The van der Waals surface area contributed by atoms with Crippen molar-refractivity contribution < 1.29 is 24.3 Å². The van der Waals surface area contributed by atoms with Gasteiger partial charge in [0.1, 0.15) is 43.5 Å². The van der Waals surface area contributed by atoms with Crippen molar-refractivity contribution in [3.8, 4) is 23.6 Å². The number of ether oxygens (including phenoxy) is 2. The van der Waals surface area contributed by atoms with E-state index in [1.54, 1.807) is 48.5 Å². The van der Waals surface area contributed by atoms with E-state index < -0.39 is 16.9 Å². The fraction of sp³-hybridized carbons (Fsp3) is 0.481. The van der Waals surface area contributed by atoms with Crippen molar-refractivity contribution in [3.63, 3.8) is 0 Å². The van der Waals surface area contributed by atoms with Gasteiger partial charge >= 0.3 is 0 Å².